The third-order valence-corrected chi connectivity index (χ3v) is 3.63. The fourth-order valence-corrected chi connectivity index (χ4v) is 2.69. The van der Waals surface area contributed by atoms with Crippen LogP contribution < -0.4 is 5.32 Å². The summed E-state index contributed by atoms with van der Waals surface area (Å²) in [6.45, 7) is 4.61. The zero-order chi connectivity index (χ0) is 11.4. The van der Waals surface area contributed by atoms with Gasteiger partial charge in [0.15, 0.2) is 0 Å². The summed E-state index contributed by atoms with van der Waals surface area (Å²) in [5, 5.41) is 3.74. The molecule has 2 rings (SSSR count). The Morgan fingerprint density at radius 2 is 2.06 bits per heavy atom. The molecule has 1 aromatic heterocycles. The molecule has 3 atom stereocenters. The van der Waals surface area contributed by atoms with E-state index in [9.17, 15) is 0 Å². The van der Waals surface area contributed by atoms with Gasteiger partial charge in [0.05, 0.1) is 0 Å². The van der Waals surface area contributed by atoms with Gasteiger partial charge in [-0.15, -0.1) is 0 Å². The molecule has 0 bridgehead atoms. The molecule has 1 aliphatic rings. The van der Waals surface area contributed by atoms with Crippen LogP contribution in [0.25, 0.3) is 0 Å². The van der Waals surface area contributed by atoms with Gasteiger partial charge in [-0.3, -0.25) is 4.98 Å². The number of nitrogens with zero attached hydrogens (tertiary/aromatic N) is 1. The van der Waals surface area contributed by atoms with Gasteiger partial charge in [-0.1, -0.05) is 19.8 Å². The zero-order valence-electron chi connectivity index (χ0n) is 10.3. The Kier molecular flexibility index (Phi) is 3.94. The number of nitrogens with one attached hydrogen (secondary N) is 1. The highest BCUT2D eigenvalue weighted by Crippen LogP contribution is 2.25. The van der Waals surface area contributed by atoms with E-state index in [0.29, 0.717) is 12.1 Å². The lowest BCUT2D eigenvalue weighted by Crippen LogP contribution is -2.35. The minimum absolute atomic E-state index is 0.443. The number of aromatic nitrogens is 1. The monoisotopic (exact) mass is 218 g/mol. The first kappa shape index (κ1) is 11.6. The van der Waals surface area contributed by atoms with Crippen molar-refractivity contribution in [3.05, 3.63) is 30.1 Å². The summed E-state index contributed by atoms with van der Waals surface area (Å²) in [5.74, 6) is 0.885. The molecule has 1 N–H and O–H groups in total. The first-order chi connectivity index (χ1) is 7.75. The Morgan fingerprint density at radius 3 is 2.75 bits per heavy atom. The fourth-order valence-electron chi connectivity index (χ4n) is 2.69. The van der Waals surface area contributed by atoms with Crippen LogP contribution in [-0.4, -0.2) is 11.0 Å². The topological polar surface area (TPSA) is 24.9 Å². The molecule has 1 heterocycles. The summed E-state index contributed by atoms with van der Waals surface area (Å²) in [6.07, 6.45) is 9.19. The van der Waals surface area contributed by atoms with Crippen LogP contribution in [0.3, 0.4) is 0 Å². The second-order valence-electron chi connectivity index (χ2n) is 5.14. The lowest BCUT2D eigenvalue weighted by atomic mass is 9.86. The Bertz CT molecular complexity index is 310. The number of hydrogen-bond acceptors (Lipinski definition) is 2. The second-order valence-corrected chi connectivity index (χ2v) is 5.14. The smallest absolute Gasteiger partial charge is 0.0295 e. The summed E-state index contributed by atoms with van der Waals surface area (Å²) in [5.41, 5.74) is 1.34. The summed E-state index contributed by atoms with van der Waals surface area (Å²) in [4.78, 5) is 4.06. The summed E-state index contributed by atoms with van der Waals surface area (Å²) >= 11 is 0. The fraction of sp³-hybridized carbons (Fsp3) is 0.643. The maximum Gasteiger partial charge on any atom is 0.0295 e. The van der Waals surface area contributed by atoms with Crippen molar-refractivity contribution in [1.82, 2.24) is 10.3 Å². The lowest BCUT2D eigenvalue weighted by Gasteiger charge is -2.30. The molecule has 16 heavy (non-hydrogen) atoms. The molecule has 0 aromatic carbocycles. The van der Waals surface area contributed by atoms with Crippen molar-refractivity contribution in [3.63, 3.8) is 0 Å². The van der Waals surface area contributed by atoms with E-state index in [1.54, 1.807) is 0 Å². The predicted octanol–water partition coefficient (Wildman–Crippen LogP) is 3.31. The van der Waals surface area contributed by atoms with Crippen LogP contribution in [0, 0.1) is 5.92 Å². The first-order valence-corrected chi connectivity index (χ1v) is 6.41. The molecule has 1 saturated carbocycles. The van der Waals surface area contributed by atoms with Crippen LogP contribution in [0.15, 0.2) is 24.5 Å². The van der Waals surface area contributed by atoms with E-state index in [4.69, 9.17) is 0 Å². The van der Waals surface area contributed by atoms with Gasteiger partial charge >= 0.3 is 0 Å². The van der Waals surface area contributed by atoms with Crippen LogP contribution in [0.4, 0.5) is 0 Å². The van der Waals surface area contributed by atoms with Gasteiger partial charge in [-0.05, 0) is 43.4 Å². The van der Waals surface area contributed by atoms with E-state index in [1.807, 2.05) is 12.4 Å². The summed E-state index contributed by atoms with van der Waals surface area (Å²) < 4.78 is 0. The molecule has 88 valence electrons. The molecule has 1 aromatic rings. The number of pyridine rings is 1. The van der Waals surface area contributed by atoms with Gasteiger partial charge in [0.1, 0.15) is 0 Å². The quantitative estimate of drug-likeness (QED) is 0.842. The Labute approximate surface area is 98.5 Å². The SMILES string of the molecule is CC1CCCC(N[C@H](C)c2ccncc2)C1. The Balaban J connectivity index is 1.89. The van der Waals surface area contributed by atoms with Gasteiger partial charge in [0.2, 0.25) is 0 Å². The maximum absolute atomic E-state index is 4.06. The number of rotatable bonds is 3. The lowest BCUT2D eigenvalue weighted by molar-refractivity contribution is 0.285. The van der Waals surface area contributed by atoms with Crippen molar-refractivity contribution in [2.75, 3.05) is 0 Å². The molecule has 2 nitrogen and oxygen atoms in total. The molecule has 0 aliphatic heterocycles. The first-order valence-electron chi connectivity index (χ1n) is 6.41. The van der Waals surface area contributed by atoms with Crippen LogP contribution in [0.2, 0.25) is 0 Å². The van der Waals surface area contributed by atoms with Crippen molar-refractivity contribution < 1.29 is 0 Å². The Morgan fingerprint density at radius 1 is 1.31 bits per heavy atom. The highest BCUT2D eigenvalue weighted by atomic mass is 14.9. The van der Waals surface area contributed by atoms with Crippen molar-refractivity contribution in [2.45, 2.75) is 51.6 Å². The largest absolute Gasteiger partial charge is 0.307 e. The zero-order valence-corrected chi connectivity index (χ0v) is 10.3. The predicted molar refractivity (Wildman–Crippen MR) is 67.2 cm³/mol. The van der Waals surface area contributed by atoms with Crippen LogP contribution in [0.1, 0.15) is 51.1 Å². The summed E-state index contributed by atoms with van der Waals surface area (Å²) in [7, 11) is 0. The van der Waals surface area contributed by atoms with Gasteiger partial charge < -0.3 is 5.32 Å². The van der Waals surface area contributed by atoms with Crippen molar-refractivity contribution >= 4 is 0 Å². The molecule has 1 fully saturated rings. The van der Waals surface area contributed by atoms with E-state index in [0.717, 1.165) is 5.92 Å². The van der Waals surface area contributed by atoms with E-state index in [1.165, 1.54) is 31.2 Å². The number of hydrogen-bond donors (Lipinski definition) is 1. The van der Waals surface area contributed by atoms with E-state index in [2.05, 4.69) is 36.3 Å². The minimum Gasteiger partial charge on any atom is -0.307 e. The van der Waals surface area contributed by atoms with Crippen LogP contribution in [-0.2, 0) is 0 Å². The van der Waals surface area contributed by atoms with Crippen molar-refractivity contribution in [3.8, 4) is 0 Å². The summed E-state index contributed by atoms with van der Waals surface area (Å²) in [6, 6.07) is 5.35. The van der Waals surface area contributed by atoms with Gasteiger partial charge in [0, 0.05) is 24.5 Å². The average Bonchev–Trinajstić information content (AvgIpc) is 2.30. The molecule has 1 aliphatic carbocycles. The van der Waals surface area contributed by atoms with Crippen LogP contribution >= 0.6 is 0 Å². The van der Waals surface area contributed by atoms with Crippen LogP contribution in [0.5, 0.6) is 0 Å². The minimum atomic E-state index is 0.443. The van der Waals surface area contributed by atoms with Gasteiger partial charge in [-0.25, -0.2) is 0 Å². The molecular formula is C14H22N2. The molecule has 0 radical (unpaired) electrons. The third-order valence-electron chi connectivity index (χ3n) is 3.63. The van der Waals surface area contributed by atoms with Gasteiger partial charge in [0.25, 0.3) is 0 Å². The Hall–Kier alpha value is -0.890. The maximum atomic E-state index is 4.06. The highest BCUT2D eigenvalue weighted by Gasteiger charge is 2.20. The van der Waals surface area contributed by atoms with E-state index in [-0.39, 0.29) is 0 Å². The van der Waals surface area contributed by atoms with Crippen molar-refractivity contribution in [1.29, 1.82) is 0 Å². The standard InChI is InChI=1S/C14H22N2/c1-11-4-3-5-14(10-11)16-12(2)13-6-8-15-9-7-13/h6-9,11-12,14,16H,3-5,10H2,1-2H3/t11?,12-,14?/m1/s1. The highest BCUT2D eigenvalue weighted by molar-refractivity contribution is 5.14. The molecule has 2 unspecified atom stereocenters. The third kappa shape index (κ3) is 3.05. The van der Waals surface area contributed by atoms with Gasteiger partial charge in [-0.2, -0.15) is 0 Å². The normalized spacial score (nSPS) is 27.6. The second kappa shape index (κ2) is 5.44. The van der Waals surface area contributed by atoms with Crippen molar-refractivity contribution in [2.24, 2.45) is 5.92 Å². The molecule has 0 amide bonds. The van der Waals surface area contributed by atoms with E-state index >= 15 is 0 Å². The average molecular weight is 218 g/mol. The molecule has 2 heteroatoms. The molecule has 0 saturated heterocycles. The molecular weight excluding hydrogens is 196 g/mol. The van der Waals surface area contributed by atoms with E-state index < -0.39 is 0 Å². The molecule has 0 spiro atoms.